The quantitative estimate of drug-likeness (QED) is 0.287. The summed E-state index contributed by atoms with van der Waals surface area (Å²) < 4.78 is 7.68. The van der Waals surface area contributed by atoms with Gasteiger partial charge in [0.2, 0.25) is 5.16 Å². The molecule has 0 spiro atoms. The predicted molar refractivity (Wildman–Crippen MR) is 123 cm³/mol. The number of halogens is 2. The average Bonchev–Trinajstić information content (AvgIpc) is 3.40. The summed E-state index contributed by atoms with van der Waals surface area (Å²) in [6.07, 6.45) is 0. The third kappa shape index (κ3) is 5.43. The molecule has 2 heterocycles. The van der Waals surface area contributed by atoms with Gasteiger partial charge in [-0.2, -0.15) is 4.68 Å². The van der Waals surface area contributed by atoms with E-state index in [4.69, 9.17) is 16.0 Å². The number of nitrogens with one attached hydrogen (secondary N) is 1. The lowest BCUT2D eigenvalue weighted by Crippen LogP contribution is -2.16. The minimum absolute atomic E-state index is 0. The summed E-state index contributed by atoms with van der Waals surface area (Å²) in [5.74, 6) is 2.55. The van der Waals surface area contributed by atoms with E-state index in [2.05, 4.69) is 20.8 Å². The van der Waals surface area contributed by atoms with Crippen molar-refractivity contribution in [2.75, 3.05) is 12.3 Å². The van der Waals surface area contributed by atoms with Crippen LogP contribution in [0.2, 0.25) is 5.02 Å². The van der Waals surface area contributed by atoms with Gasteiger partial charge < -0.3 is 9.73 Å². The van der Waals surface area contributed by atoms with Gasteiger partial charge in [-0.15, -0.1) is 17.5 Å². The van der Waals surface area contributed by atoms with E-state index in [1.165, 1.54) is 0 Å². The molecule has 0 fully saturated rings. The van der Waals surface area contributed by atoms with E-state index >= 15 is 0 Å². The van der Waals surface area contributed by atoms with E-state index < -0.39 is 0 Å². The number of nitrogens with zero attached hydrogens (tertiary/aromatic N) is 4. The number of benzene rings is 2. The van der Waals surface area contributed by atoms with Gasteiger partial charge >= 0.3 is 0 Å². The van der Waals surface area contributed by atoms with Crippen LogP contribution in [-0.2, 0) is 6.54 Å². The first kappa shape index (κ1) is 22.4. The normalized spacial score (nSPS) is 10.7. The van der Waals surface area contributed by atoms with Gasteiger partial charge in [0.25, 0.3) is 0 Å². The van der Waals surface area contributed by atoms with E-state index in [0.717, 1.165) is 50.8 Å². The van der Waals surface area contributed by atoms with Crippen LogP contribution in [0.1, 0.15) is 11.3 Å². The smallest absolute Gasteiger partial charge is 0.214 e. The number of thioether (sulfide) groups is 1. The molecule has 1 N–H and O–H groups in total. The first-order valence-electron chi connectivity index (χ1n) is 9.23. The lowest BCUT2D eigenvalue weighted by molar-refractivity contribution is 0.499. The fourth-order valence-electron chi connectivity index (χ4n) is 2.80. The van der Waals surface area contributed by atoms with Gasteiger partial charge in [-0.05, 0) is 53.2 Å². The molecule has 156 valence electrons. The Labute approximate surface area is 190 Å². The number of furan rings is 1. The van der Waals surface area contributed by atoms with Crippen LogP contribution in [-0.4, -0.2) is 32.5 Å². The van der Waals surface area contributed by atoms with Crippen molar-refractivity contribution in [1.29, 1.82) is 0 Å². The van der Waals surface area contributed by atoms with Crippen molar-refractivity contribution in [3.63, 3.8) is 0 Å². The minimum Gasteiger partial charge on any atom is -0.460 e. The molecule has 0 aliphatic carbocycles. The number of aryl methyl sites for hydroxylation is 1. The Morgan fingerprint density at radius 1 is 1.10 bits per heavy atom. The summed E-state index contributed by atoms with van der Waals surface area (Å²) in [6.45, 7) is 3.45. The average molecular weight is 462 g/mol. The molecule has 0 bridgehead atoms. The van der Waals surface area contributed by atoms with E-state index in [-0.39, 0.29) is 12.4 Å². The van der Waals surface area contributed by atoms with Crippen molar-refractivity contribution in [2.24, 2.45) is 0 Å². The van der Waals surface area contributed by atoms with E-state index in [1.54, 1.807) is 16.4 Å². The Morgan fingerprint density at radius 3 is 2.73 bits per heavy atom. The van der Waals surface area contributed by atoms with Gasteiger partial charge in [-0.25, -0.2) is 0 Å². The molecule has 4 aromatic rings. The number of rotatable bonds is 8. The van der Waals surface area contributed by atoms with Crippen molar-refractivity contribution >= 4 is 35.8 Å². The topological polar surface area (TPSA) is 68.8 Å². The van der Waals surface area contributed by atoms with Crippen LogP contribution in [0.25, 0.3) is 17.0 Å². The van der Waals surface area contributed by atoms with E-state index in [0.29, 0.717) is 6.54 Å². The van der Waals surface area contributed by atoms with Crippen LogP contribution in [0.15, 0.2) is 70.2 Å². The molecule has 2 aromatic heterocycles. The van der Waals surface area contributed by atoms with Crippen molar-refractivity contribution in [3.8, 4) is 17.0 Å². The molecule has 0 amide bonds. The molecule has 0 unspecified atom stereocenters. The van der Waals surface area contributed by atoms with Crippen molar-refractivity contribution in [2.45, 2.75) is 18.6 Å². The molecule has 0 aliphatic heterocycles. The minimum atomic E-state index is 0. The van der Waals surface area contributed by atoms with Crippen LogP contribution in [0.4, 0.5) is 0 Å². The van der Waals surface area contributed by atoms with Gasteiger partial charge in [0.1, 0.15) is 11.5 Å². The zero-order valence-electron chi connectivity index (χ0n) is 16.3. The Kier molecular flexibility index (Phi) is 7.93. The van der Waals surface area contributed by atoms with Crippen LogP contribution in [0.3, 0.4) is 0 Å². The Bertz CT molecular complexity index is 1080. The van der Waals surface area contributed by atoms with E-state index in [9.17, 15) is 0 Å². The molecule has 2 aromatic carbocycles. The molecule has 4 rings (SSSR count). The maximum Gasteiger partial charge on any atom is 0.214 e. The summed E-state index contributed by atoms with van der Waals surface area (Å²) in [5.41, 5.74) is 2.99. The summed E-state index contributed by atoms with van der Waals surface area (Å²) >= 11 is 7.82. The largest absolute Gasteiger partial charge is 0.460 e. The highest BCUT2D eigenvalue weighted by Crippen LogP contribution is 2.27. The second-order valence-electron chi connectivity index (χ2n) is 6.46. The van der Waals surface area contributed by atoms with Gasteiger partial charge in [-0.1, -0.05) is 53.7 Å². The maximum atomic E-state index is 6.21. The van der Waals surface area contributed by atoms with Gasteiger partial charge in [0.05, 0.1) is 12.2 Å². The van der Waals surface area contributed by atoms with Crippen molar-refractivity contribution in [3.05, 3.63) is 77.0 Å². The highest BCUT2D eigenvalue weighted by atomic mass is 35.5. The number of tetrazole rings is 1. The highest BCUT2D eigenvalue weighted by Gasteiger charge is 2.09. The fraction of sp³-hybridized carbons (Fsp3) is 0.190. The zero-order valence-corrected chi connectivity index (χ0v) is 18.7. The summed E-state index contributed by atoms with van der Waals surface area (Å²) in [4.78, 5) is 0. The summed E-state index contributed by atoms with van der Waals surface area (Å²) in [7, 11) is 0. The molecule has 0 saturated heterocycles. The Hall–Kier alpha value is -2.32. The van der Waals surface area contributed by atoms with Gasteiger partial charge in [0.15, 0.2) is 0 Å². The summed E-state index contributed by atoms with van der Waals surface area (Å²) in [5, 5.41) is 16.9. The monoisotopic (exact) mass is 461 g/mol. The molecule has 0 saturated carbocycles. The Balaban J connectivity index is 0.00000256. The van der Waals surface area contributed by atoms with Crippen LogP contribution in [0, 0.1) is 6.92 Å². The molecule has 0 aliphatic rings. The highest BCUT2D eigenvalue weighted by molar-refractivity contribution is 7.99. The number of aromatic nitrogens is 4. The number of hydrogen-bond acceptors (Lipinski definition) is 6. The summed E-state index contributed by atoms with van der Waals surface area (Å²) in [6, 6.07) is 19.8. The molecular weight excluding hydrogens is 441 g/mol. The molecule has 9 heteroatoms. The van der Waals surface area contributed by atoms with Crippen LogP contribution >= 0.6 is 35.8 Å². The third-order valence-electron chi connectivity index (χ3n) is 4.37. The number of hydrogen-bond donors (Lipinski definition) is 1. The maximum absolute atomic E-state index is 6.21. The third-order valence-corrected chi connectivity index (χ3v) is 5.70. The molecule has 30 heavy (non-hydrogen) atoms. The SMILES string of the molecule is Cc1ccc(-c2ccc(CNCCSc3nnnn3-c3ccccc3)o2)cc1Cl.Cl. The second kappa shape index (κ2) is 10.6. The Morgan fingerprint density at radius 2 is 1.93 bits per heavy atom. The van der Waals surface area contributed by atoms with Gasteiger partial charge in [-0.3, -0.25) is 0 Å². The first-order chi connectivity index (χ1) is 14.2. The predicted octanol–water partition coefficient (Wildman–Crippen LogP) is 5.19. The number of para-hydroxylation sites is 1. The lowest BCUT2D eigenvalue weighted by Gasteiger charge is -2.05. The molecule has 6 nitrogen and oxygen atoms in total. The first-order valence-corrected chi connectivity index (χ1v) is 10.6. The van der Waals surface area contributed by atoms with E-state index in [1.807, 2.05) is 67.6 Å². The fourth-order valence-corrected chi connectivity index (χ4v) is 3.77. The van der Waals surface area contributed by atoms with Gasteiger partial charge in [0, 0.05) is 22.9 Å². The van der Waals surface area contributed by atoms with Crippen molar-refractivity contribution < 1.29 is 4.42 Å². The van der Waals surface area contributed by atoms with Crippen molar-refractivity contribution in [1.82, 2.24) is 25.5 Å². The second-order valence-corrected chi connectivity index (χ2v) is 7.93. The van der Waals surface area contributed by atoms with Crippen LogP contribution in [0.5, 0.6) is 0 Å². The van der Waals surface area contributed by atoms with Crippen LogP contribution < -0.4 is 5.32 Å². The molecule has 0 radical (unpaired) electrons. The lowest BCUT2D eigenvalue weighted by atomic mass is 10.1. The zero-order chi connectivity index (χ0) is 20.1. The standard InChI is InChI=1S/C21H20ClN5OS.ClH/c1-15-7-8-16(13-19(15)22)20-10-9-18(28-20)14-23-11-12-29-21-24-25-26-27(21)17-5-3-2-4-6-17;/h2-10,13,23H,11-12,14H2,1H3;1H. The molecule has 0 atom stereocenters. The molecular formula is C21H21Cl2N5OS.